The van der Waals surface area contributed by atoms with Crippen LogP contribution in [0.15, 0.2) is 23.4 Å². The second-order valence-corrected chi connectivity index (χ2v) is 9.38. The van der Waals surface area contributed by atoms with Crippen molar-refractivity contribution in [2.75, 3.05) is 42.2 Å². The van der Waals surface area contributed by atoms with Gasteiger partial charge in [0, 0.05) is 31.7 Å². The summed E-state index contributed by atoms with van der Waals surface area (Å²) in [6, 6.07) is 5.68. The molecular formula is C22H22ClF3N6O2S. The molecule has 186 valence electrons. The first kappa shape index (κ1) is 25.2. The number of carbonyl (C=O) groups is 1. The van der Waals surface area contributed by atoms with Crippen LogP contribution in [0.1, 0.15) is 23.2 Å². The number of fused-ring (bicyclic) bond motifs is 1. The van der Waals surface area contributed by atoms with Crippen LogP contribution in [0.3, 0.4) is 0 Å². The van der Waals surface area contributed by atoms with Crippen LogP contribution in [0, 0.1) is 11.3 Å². The highest BCUT2D eigenvalue weighted by Crippen LogP contribution is 2.42. The monoisotopic (exact) mass is 526 g/mol. The zero-order chi connectivity index (χ0) is 25.3. The SMILES string of the molecule is CSc1nc2c(c(N3CCN(C(=O)O)C(CC#N)C3)n1)CCN(c1cccc(Cl)c1C(F)(F)F)C2. The Morgan fingerprint density at radius 1 is 1.29 bits per heavy atom. The lowest BCUT2D eigenvalue weighted by Gasteiger charge is -2.41. The second-order valence-electron chi connectivity index (χ2n) is 8.20. The number of aromatic nitrogens is 2. The quantitative estimate of drug-likeness (QED) is 0.459. The molecule has 0 spiro atoms. The minimum absolute atomic E-state index is 0.00525. The van der Waals surface area contributed by atoms with Crippen molar-refractivity contribution >= 4 is 41.0 Å². The number of anilines is 2. The minimum Gasteiger partial charge on any atom is -0.465 e. The fourth-order valence-electron chi connectivity index (χ4n) is 4.58. The van der Waals surface area contributed by atoms with E-state index in [-0.39, 0.29) is 30.2 Å². The predicted molar refractivity (Wildman–Crippen MR) is 126 cm³/mol. The third kappa shape index (κ3) is 5.06. The lowest BCUT2D eigenvalue weighted by molar-refractivity contribution is -0.137. The molecule has 35 heavy (non-hydrogen) atoms. The lowest BCUT2D eigenvalue weighted by atomic mass is 10.0. The highest BCUT2D eigenvalue weighted by Gasteiger charge is 2.39. The number of piperazine rings is 1. The van der Waals surface area contributed by atoms with Crippen LogP contribution < -0.4 is 9.80 Å². The average molecular weight is 527 g/mol. The van der Waals surface area contributed by atoms with Crippen LogP contribution in [0.5, 0.6) is 0 Å². The topological polar surface area (TPSA) is 96.6 Å². The van der Waals surface area contributed by atoms with E-state index in [1.54, 1.807) is 4.90 Å². The van der Waals surface area contributed by atoms with Crippen molar-refractivity contribution in [3.63, 3.8) is 0 Å². The van der Waals surface area contributed by atoms with E-state index < -0.39 is 23.9 Å². The molecule has 1 atom stereocenters. The summed E-state index contributed by atoms with van der Waals surface area (Å²) in [6.07, 6.45) is -3.41. The van der Waals surface area contributed by atoms with Gasteiger partial charge in [0.2, 0.25) is 0 Å². The van der Waals surface area contributed by atoms with Crippen LogP contribution in [0.25, 0.3) is 0 Å². The van der Waals surface area contributed by atoms with Gasteiger partial charge < -0.3 is 19.8 Å². The summed E-state index contributed by atoms with van der Waals surface area (Å²) in [7, 11) is 0. The molecule has 0 bridgehead atoms. The molecule has 3 heterocycles. The molecule has 1 saturated heterocycles. The average Bonchev–Trinajstić information content (AvgIpc) is 2.82. The number of alkyl halides is 3. The molecule has 1 N–H and O–H groups in total. The first-order chi connectivity index (χ1) is 16.6. The summed E-state index contributed by atoms with van der Waals surface area (Å²) in [5.74, 6) is 0.647. The molecule has 1 unspecified atom stereocenters. The van der Waals surface area contributed by atoms with Gasteiger partial charge in [0.25, 0.3) is 0 Å². The number of amides is 1. The zero-order valence-corrected chi connectivity index (χ0v) is 20.3. The molecule has 1 amide bonds. The normalized spacial score (nSPS) is 18.3. The number of nitrogens with zero attached hydrogens (tertiary/aromatic N) is 6. The molecular weight excluding hydrogens is 505 g/mol. The van der Waals surface area contributed by atoms with E-state index in [2.05, 4.69) is 9.97 Å². The molecule has 2 aliphatic heterocycles. The Morgan fingerprint density at radius 3 is 2.71 bits per heavy atom. The smallest absolute Gasteiger partial charge is 0.419 e. The molecule has 1 aromatic carbocycles. The van der Waals surface area contributed by atoms with Crippen LogP contribution in [-0.2, 0) is 19.1 Å². The van der Waals surface area contributed by atoms with Crippen molar-refractivity contribution in [1.82, 2.24) is 14.9 Å². The Bertz CT molecular complexity index is 1180. The van der Waals surface area contributed by atoms with Gasteiger partial charge in [-0.25, -0.2) is 14.8 Å². The lowest BCUT2D eigenvalue weighted by Crippen LogP contribution is -2.55. The van der Waals surface area contributed by atoms with Crippen molar-refractivity contribution < 1.29 is 23.1 Å². The van der Waals surface area contributed by atoms with Gasteiger partial charge in [-0.05, 0) is 24.8 Å². The molecule has 0 aliphatic carbocycles. The van der Waals surface area contributed by atoms with E-state index in [1.807, 2.05) is 17.2 Å². The number of hydrogen-bond donors (Lipinski definition) is 1. The standard InChI is InChI=1S/C22H22ClF3N6O2S/c1-35-20-28-16-12-30(17-4-2-3-15(23)18(17)22(24,25)26)8-6-14(16)19(29-20)31-9-10-32(21(33)34)13(11-31)5-7-27/h2-4,13H,5-6,8-12H2,1H3,(H,33,34). The molecule has 1 aromatic heterocycles. The van der Waals surface area contributed by atoms with Crippen molar-refractivity contribution in [1.29, 1.82) is 5.26 Å². The molecule has 13 heteroatoms. The Kier molecular flexibility index (Phi) is 7.19. The molecule has 8 nitrogen and oxygen atoms in total. The molecule has 1 fully saturated rings. The number of halogens is 4. The molecule has 2 aliphatic rings. The second kappa shape index (κ2) is 9.99. The van der Waals surface area contributed by atoms with E-state index in [4.69, 9.17) is 11.6 Å². The molecule has 2 aromatic rings. The number of benzene rings is 1. The summed E-state index contributed by atoms with van der Waals surface area (Å²) >= 11 is 7.25. The largest absolute Gasteiger partial charge is 0.465 e. The highest BCUT2D eigenvalue weighted by atomic mass is 35.5. The number of rotatable bonds is 4. The van der Waals surface area contributed by atoms with Gasteiger partial charge in [0.05, 0.1) is 47.0 Å². The summed E-state index contributed by atoms with van der Waals surface area (Å²) in [6.45, 7) is 1.37. The molecule has 0 radical (unpaired) electrons. The Balaban J connectivity index is 1.68. The Morgan fingerprint density at radius 2 is 2.06 bits per heavy atom. The maximum atomic E-state index is 13.8. The predicted octanol–water partition coefficient (Wildman–Crippen LogP) is 4.52. The van der Waals surface area contributed by atoms with Crippen LogP contribution in [-0.4, -0.2) is 64.5 Å². The van der Waals surface area contributed by atoms with Crippen molar-refractivity contribution in [2.45, 2.75) is 36.8 Å². The van der Waals surface area contributed by atoms with E-state index in [0.717, 1.165) is 5.56 Å². The summed E-state index contributed by atoms with van der Waals surface area (Å²) in [5.41, 5.74) is 0.588. The van der Waals surface area contributed by atoms with Crippen molar-refractivity contribution in [2.24, 2.45) is 0 Å². The van der Waals surface area contributed by atoms with Gasteiger partial charge in [-0.1, -0.05) is 29.4 Å². The first-order valence-corrected chi connectivity index (χ1v) is 12.4. The molecule has 0 saturated carbocycles. The van der Waals surface area contributed by atoms with Crippen LogP contribution in [0.2, 0.25) is 5.02 Å². The van der Waals surface area contributed by atoms with E-state index >= 15 is 0 Å². The van der Waals surface area contributed by atoms with Crippen LogP contribution >= 0.6 is 23.4 Å². The zero-order valence-electron chi connectivity index (χ0n) is 18.7. The van der Waals surface area contributed by atoms with E-state index in [1.165, 1.54) is 34.9 Å². The highest BCUT2D eigenvalue weighted by molar-refractivity contribution is 7.98. The van der Waals surface area contributed by atoms with Gasteiger partial charge >= 0.3 is 12.3 Å². The van der Waals surface area contributed by atoms with Gasteiger partial charge in [-0.3, -0.25) is 0 Å². The maximum Gasteiger partial charge on any atom is 0.419 e. The maximum absolute atomic E-state index is 13.8. The molecule has 4 rings (SSSR count). The fraction of sp³-hybridized carbons (Fsp3) is 0.455. The van der Waals surface area contributed by atoms with Crippen LogP contribution in [0.4, 0.5) is 29.5 Å². The van der Waals surface area contributed by atoms with E-state index in [0.29, 0.717) is 42.7 Å². The number of carboxylic acid groups (broad SMARTS) is 1. The first-order valence-electron chi connectivity index (χ1n) is 10.8. The third-order valence-corrected chi connectivity index (χ3v) is 7.04. The van der Waals surface area contributed by atoms with Gasteiger partial charge in [-0.15, -0.1) is 0 Å². The summed E-state index contributed by atoms with van der Waals surface area (Å²) in [5, 5.41) is 18.8. The number of thioether (sulfide) groups is 1. The number of hydrogen-bond acceptors (Lipinski definition) is 7. The van der Waals surface area contributed by atoms with Gasteiger partial charge in [0.1, 0.15) is 5.82 Å². The van der Waals surface area contributed by atoms with Crippen molar-refractivity contribution in [3.05, 3.63) is 40.0 Å². The summed E-state index contributed by atoms with van der Waals surface area (Å²) < 4.78 is 41.3. The van der Waals surface area contributed by atoms with E-state index in [9.17, 15) is 28.3 Å². The van der Waals surface area contributed by atoms with Crippen molar-refractivity contribution in [3.8, 4) is 6.07 Å². The van der Waals surface area contributed by atoms with Gasteiger partial charge in [-0.2, -0.15) is 18.4 Å². The minimum atomic E-state index is -4.60. The third-order valence-electron chi connectivity index (χ3n) is 6.18. The van der Waals surface area contributed by atoms with Gasteiger partial charge in [0.15, 0.2) is 5.16 Å². The fourth-order valence-corrected chi connectivity index (χ4v) is 5.24. The number of nitriles is 1. The Hall–Kier alpha value is -2.91. The summed E-state index contributed by atoms with van der Waals surface area (Å²) in [4.78, 5) is 25.7. The Labute approximate surface area is 209 Å².